The van der Waals surface area contributed by atoms with Gasteiger partial charge < -0.3 is 10.6 Å². The molecule has 2 rings (SSSR count). The molecule has 30 heavy (non-hydrogen) atoms. The number of Topliss-reactive ketones (excluding diaryl/α,β-unsaturated/α-hetero) is 1. The van der Waals surface area contributed by atoms with Crippen molar-refractivity contribution in [3.63, 3.8) is 0 Å². The number of anilines is 1. The fourth-order valence-electron chi connectivity index (χ4n) is 2.46. The number of sulfonamides is 1. The zero-order chi connectivity index (χ0) is 22.3. The number of ketones is 1. The molecule has 0 saturated carbocycles. The zero-order valence-corrected chi connectivity index (χ0v) is 18.1. The average molecular weight is 452 g/mol. The molecule has 2 aromatic rings. The summed E-state index contributed by atoms with van der Waals surface area (Å²) in [6.07, 6.45) is -0.145. The molecule has 2 aromatic carbocycles. The smallest absolute Gasteiger partial charge is 0.243 e. The van der Waals surface area contributed by atoms with Gasteiger partial charge in [0, 0.05) is 29.2 Å². The number of nitrogens with one attached hydrogen (secondary N) is 3. The van der Waals surface area contributed by atoms with Crippen molar-refractivity contribution in [1.29, 1.82) is 0 Å². The first-order valence-electron chi connectivity index (χ1n) is 9.02. The number of carbonyl (C=O) groups excluding carboxylic acids is 3. The van der Waals surface area contributed by atoms with Crippen molar-refractivity contribution in [2.45, 2.75) is 25.2 Å². The van der Waals surface area contributed by atoms with Gasteiger partial charge in [-0.05, 0) is 43.7 Å². The first-order chi connectivity index (χ1) is 14.1. The van der Waals surface area contributed by atoms with Crippen molar-refractivity contribution in [3.05, 3.63) is 58.6 Å². The number of amides is 2. The molecule has 0 bridgehead atoms. The predicted octanol–water partition coefficient (Wildman–Crippen LogP) is 2.27. The molecular weight excluding hydrogens is 430 g/mol. The second-order valence-corrected chi connectivity index (χ2v) is 8.64. The van der Waals surface area contributed by atoms with Gasteiger partial charge in [-0.1, -0.05) is 29.8 Å². The summed E-state index contributed by atoms with van der Waals surface area (Å²) >= 11 is 5.99. The van der Waals surface area contributed by atoms with Crippen LogP contribution in [0.5, 0.6) is 0 Å². The van der Waals surface area contributed by atoms with Crippen LogP contribution in [0.3, 0.4) is 0 Å². The van der Waals surface area contributed by atoms with E-state index < -0.39 is 21.8 Å². The van der Waals surface area contributed by atoms with Gasteiger partial charge in [-0.3, -0.25) is 14.4 Å². The molecule has 0 atom stereocenters. The second-order valence-electron chi connectivity index (χ2n) is 6.47. The third-order valence-corrected chi connectivity index (χ3v) is 6.09. The summed E-state index contributed by atoms with van der Waals surface area (Å²) in [5.74, 6) is -1.08. The van der Waals surface area contributed by atoms with E-state index in [-0.39, 0.29) is 30.2 Å². The minimum atomic E-state index is -3.81. The molecule has 0 saturated heterocycles. The Morgan fingerprint density at radius 3 is 2.30 bits per heavy atom. The summed E-state index contributed by atoms with van der Waals surface area (Å²) in [6.45, 7) is 2.74. The molecular formula is C20H22ClN3O5S. The predicted molar refractivity (Wildman–Crippen MR) is 114 cm³/mol. The summed E-state index contributed by atoms with van der Waals surface area (Å²) < 4.78 is 26.7. The van der Waals surface area contributed by atoms with E-state index in [1.165, 1.54) is 31.2 Å². The van der Waals surface area contributed by atoms with Gasteiger partial charge in [0.15, 0.2) is 5.78 Å². The SMILES string of the molecule is CC(=O)c1ccc(S(=O)(=O)NCCC(=O)NCC(=O)Nc2cccc(Cl)c2C)cc1. The third-order valence-electron chi connectivity index (χ3n) is 4.20. The van der Waals surface area contributed by atoms with E-state index in [4.69, 9.17) is 11.6 Å². The van der Waals surface area contributed by atoms with E-state index in [2.05, 4.69) is 15.4 Å². The summed E-state index contributed by atoms with van der Waals surface area (Å²) in [7, 11) is -3.81. The highest BCUT2D eigenvalue weighted by Crippen LogP contribution is 2.22. The Balaban J connectivity index is 1.78. The number of rotatable bonds is 9. The molecule has 0 unspecified atom stereocenters. The lowest BCUT2D eigenvalue weighted by molar-refractivity contribution is -0.124. The molecule has 2 amide bonds. The maximum Gasteiger partial charge on any atom is 0.243 e. The topological polar surface area (TPSA) is 121 Å². The molecule has 0 fully saturated rings. The Morgan fingerprint density at radius 2 is 1.67 bits per heavy atom. The van der Waals surface area contributed by atoms with Crippen LogP contribution in [0.2, 0.25) is 5.02 Å². The Morgan fingerprint density at radius 1 is 1.00 bits per heavy atom. The largest absolute Gasteiger partial charge is 0.347 e. The van der Waals surface area contributed by atoms with Crippen LogP contribution in [0.4, 0.5) is 5.69 Å². The molecule has 3 N–H and O–H groups in total. The van der Waals surface area contributed by atoms with Crippen LogP contribution in [0, 0.1) is 6.92 Å². The van der Waals surface area contributed by atoms with Gasteiger partial charge >= 0.3 is 0 Å². The third kappa shape index (κ3) is 6.65. The van der Waals surface area contributed by atoms with Gasteiger partial charge in [-0.25, -0.2) is 13.1 Å². The van der Waals surface area contributed by atoms with E-state index in [1.807, 2.05) is 0 Å². The number of hydrogen-bond donors (Lipinski definition) is 3. The summed E-state index contributed by atoms with van der Waals surface area (Å²) in [6, 6.07) is 10.6. The highest BCUT2D eigenvalue weighted by Gasteiger charge is 2.15. The van der Waals surface area contributed by atoms with Gasteiger partial charge in [-0.2, -0.15) is 0 Å². The van der Waals surface area contributed by atoms with Gasteiger partial charge in [0.05, 0.1) is 11.4 Å². The lowest BCUT2D eigenvalue weighted by Crippen LogP contribution is -2.35. The van der Waals surface area contributed by atoms with Crippen LogP contribution >= 0.6 is 11.6 Å². The van der Waals surface area contributed by atoms with Gasteiger partial charge in [0.1, 0.15) is 0 Å². The van der Waals surface area contributed by atoms with E-state index in [0.717, 1.165) is 0 Å². The van der Waals surface area contributed by atoms with Crippen molar-refractivity contribution >= 4 is 44.9 Å². The molecule has 0 spiro atoms. The van der Waals surface area contributed by atoms with Crippen molar-refractivity contribution in [2.24, 2.45) is 0 Å². The molecule has 0 heterocycles. The van der Waals surface area contributed by atoms with Crippen LogP contribution in [-0.2, 0) is 19.6 Å². The van der Waals surface area contributed by atoms with Crippen molar-refractivity contribution in [2.75, 3.05) is 18.4 Å². The maximum absolute atomic E-state index is 12.2. The second kappa shape index (κ2) is 10.3. The summed E-state index contributed by atoms with van der Waals surface area (Å²) in [5, 5.41) is 5.59. The Labute approximate surface area is 180 Å². The fraction of sp³-hybridized carbons (Fsp3) is 0.250. The number of carbonyl (C=O) groups is 3. The lowest BCUT2D eigenvalue weighted by Gasteiger charge is -2.10. The Bertz CT molecular complexity index is 1050. The van der Waals surface area contributed by atoms with Gasteiger partial charge in [0.2, 0.25) is 21.8 Å². The first kappa shape index (κ1) is 23.5. The van der Waals surface area contributed by atoms with Crippen LogP contribution < -0.4 is 15.4 Å². The Hall–Kier alpha value is -2.75. The van der Waals surface area contributed by atoms with E-state index in [0.29, 0.717) is 21.8 Å². The van der Waals surface area contributed by atoms with Crippen LogP contribution in [-0.4, -0.2) is 39.1 Å². The standard InChI is InChI=1S/C20H22ClN3O5S/c1-13-17(21)4-3-5-18(13)24-20(27)12-22-19(26)10-11-23-30(28,29)16-8-6-15(7-9-16)14(2)25/h3-9,23H,10-12H2,1-2H3,(H,22,26)(H,24,27). The van der Waals surface area contributed by atoms with Gasteiger partial charge in [-0.15, -0.1) is 0 Å². The monoisotopic (exact) mass is 451 g/mol. The van der Waals surface area contributed by atoms with Crippen LogP contribution in [0.15, 0.2) is 47.4 Å². The van der Waals surface area contributed by atoms with Crippen LogP contribution in [0.1, 0.15) is 29.3 Å². The van der Waals surface area contributed by atoms with E-state index >= 15 is 0 Å². The van der Waals surface area contributed by atoms with Crippen LogP contribution in [0.25, 0.3) is 0 Å². The number of halogens is 1. The first-order valence-corrected chi connectivity index (χ1v) is 10.9. The minimum Gasteiger partial charge on any atom is -0.347 e. The molecule has 0 aliphatic heterocycles. The quantitative estimate of drug-likeness (QED) is 0.505. The van der Waals surface area contributed by atoms with E-state index in [9.17, 15) is 22.8 Å². The highest BCUT2D eigenvalue weighted by molar-refractivity contribution is 7.89. The zero-order valence-electron chi connectivity index (χ0n) is 16.5. The lowest BCUT2D eigenvalue weighted by atomic mass is 10.2. The highest BCUT2D eigenvalue weighted by atomic mass is 35.5. The normalized spacial score (nSPS) is 11.0. The molecule has 0 aliphatic rings. The Kier molecular flexibility index (Phi) is 8.10. The minimum absolute atomic E-state index is 0.0100. The molecule has 160 valence electrons. The maximum atomic E-state index is 12.2. The molecule has 8 nitrogen and oxygen atoms in total. The summed E-state index contributed by atoms with van der Waals surface area (Å²) in [4.78, 5) is 35.1. The van der Waals surface area contributed by atoms with E-state index in [1.54, 1.807) is 25.1 Å². The molecule has 0 radical (unpaired) electrons. The van der Waals surface area contributed by atoms with Gasteiger partial charge in [0.25, 0.3) is 0 Å². The summed E-state index contributed by atoms with van der Waals surface area (Å²) in [5.41, 5.74) is 1.66. The van der Waals surface area contributed by atoms with Crippen molar-refractivity contribution in [3.8, 4) is 0 Å². The van der Waals surface area contributed by atoms with Crippen molar-refractivity contribution in [1.82, 2.24) is 10.0 Å². The molecule has 10 heteroatoms. The molecule has 0 aromatic heterocycles. The average Bonchev–Trinajstić information content (AvgIpc) is 2.70. The fourth-order valence-corrected chi connectivity index (χ4v) is 3.66. The number of benzene rings is 2. The number of hydrogen-bond acceptors (Lipinski definition) is 5. The van der Waals surface area contributed by atoms with Crippen molar-refractivity contribution < 1.29 is 22.8 Å². The molecule has 0 aliphatic carbocycles.